The van der Waals surface area contributed by atoms with Gasteiger partial charge in [0.2, 0.25) is 0 Å². The maximum Gasteiger partial charge on any atom is 0.342 e. The highest BCUT2D eigenvalue weighted by molar-refractivity contribution is 6.33. The summed E-state index contributed by atoms with van der Waals surface area (Å²) in [6.07, 6.45) is 0. The molecule has 0 heterocycles. The maximum absolute atomic E-state index is 13.6. The van der Waals surface area contributed by atoms with Crippen molar-refractivity contribution in [3.63, 3.8) is 0 Å². The Bertz CT molecular complexity index is 825. The van der Waals surface area contributed by atoms with Crippen molar-refractivity contribution in [1.82, 2.24) is 0 Å². The smallest absolute Gasteiger partial charge is 0.342 e. The van der Waals surface area contributed by atoms with Gasteiger partial charge >= 0.3 is 5.97 Å². The lowest BCUT2D eigenvalue weighted by atomic mass is 10.1. The molecule has 8 heteroatoms. The molecule has 132 valence electrons. The standard InChI is InChI=1S/C17H15ClFNO5/c1-23-15-4-3-9(5-12(15)19)14(21)8-25-17(22)10-6-11(18)13(20)7-16(10)24-2/h3-7H,8,20H2,1-2H3. The van der Waals surface area contributed by atoms with Crippen molar-refractivity contribution >= 4 is 29.0 Å². The zero-order valence-electron chi connectivity index (χ0n) is 13.5. The molecule has 0 radical (unpaired) electrons. The lowest BCUT2D eigenvalue weighted by molar-refractivity contribution is 0.0471. The third kappa shape index (κ3) is 4.19. The summed E-state index contributed by atoms with van der Waals surface area (Å²) in [6, 6.07) is 6.36. The van der Waals surface area contributed by atoms with Crippen LogP contribution in [-0.2, 0) is 4.74 Å². The minimum absolute atomic E-state index is 0.00907. The third-order valence-corrected chi connectivity index (χ3v) is 3.67. The number of ketones is 1. The van der Waals surface area contributed by atoms with Gasteiger partial charge in [-0.25, -0.2) is 9.18 Å². The molecule has 0 spiro atoms. The van der Waals surface area contributed by atoms with Gasteiger partial charge in [-0.15, -0.1) is 0 Å². The first-order valence-corrected chi connectivity index (χ1v) is 7.42. The van der Waals surface area contributed by atoms with Gasteiger partial charge < -0.3 is 19.9 Å². The van der Waals surface area contributed by atoms with Crippen molar-refractivity contribution in [2.45, 2.75) is 0 Å². The predicted octanol–water partition coefficient (Wildman–Crippen LogP) is 3.12. The molecule has 2 N–H and O–H groups in total. The summed E-state index contributed by atoms with van der Waals surface area (Å²) >= 11 is 5.88. The fourth-order valence-corrected chi connectivity index (χ4v) is 2.19. The van der Waals surface area contributed by atoms with E-state index in [1.807, 2.05) is 0 Å². The summed E-state index contributed by atoms with van der Waals surface area (Å²) in [4.78, 5) is 24.2. The van der Waals surface area contributed by atoms with Crippen LogP contribution < -0.4 is 15.2 Å². The number of hydrogen-bond donors (Lipinski definition) is 1. The number of nitrogen functional groups attached to an aromatic ring is 1. The highest BCUT2D eigenvalue weighted by Gasteiger charge is 2.18. The molecule has 6 nitrogen and oxygen atoms in total. The first-order valence-electron chi connectivity index (χ1n) is 7.04. The second-order valence-electron chi connectivity index (χ2n) is 4.92. The molecule has 2 aromatic carbocycles. The first kappa shape index (κ1) is 18.5. The minimum Gasteiger partial charge on any atom is -0.496 e. The molecule has 2 rings (SSSR count). The molecule has 0 unspecified atom stereocenters. The van der Waals surface area contributed by atoms with E-state index in [9.17, 15) is 14.0 Å². The number of carbonyl (C=O) groups excluding carboxylic acids is 2. The van der Waals surface area contributed by atoms with Crippen LogP contribution in [0.15, 0.2) is 30.3 Å². The molecule has 2 aromatic rings. The number of halogens is 2. The van der Waals surface area contributed by atoms with E-state index < -0.39 is 24.2 Å². The molecule has 0 atom stereocenters. The van der Waals surface area contributed by atoms with Crippen LogP contribution in [0.2, 0.25) is 5.02 Å². The van der Waals surface area contributed by atoms with Gasteiger partial charge in [0.15, 0.2) is 24.0 Å². The lowest BCUT2D eigenvalue weighted by Crippen LogP contribution is -2.15. The van der Waals surface area contributed by atoms with Crippen LogP contribution in [0.1, 0.15) is 20.7 Å². The van der Waals surface area contributed by atoms with Crippen molar-refractivity contribution in [2.75, 3.05) is 26.6 Å². The van der Waals surface area contributed by atoms with Crippen molar-refractivity contribution < 1.29 is 28.2 Å². The number of carbonyl (C=O) groups is 2. The average molecular weight is 368 g/mol. The number of benzene rings is 2. The van der Waals surface area contributed by atoms with Crippen molar-refractivity contribution in [2.24, 2.45) is 0 Å². The second kappa shape index (κ2) is 7.85. The number of hydrogen-bond acceptors (Lipinski definition) is 6. The molecule has 0 aliphatic heterocycles. The van der Waals surface area contributed by atoms with Crippen LogP contribution in [0.3, 0.4) is 0 Å². The summed E-state index contributed by atoms with van der Waals surface area (Å²) in [5, 5.41) is 0.149. The second-order valence-corrected chi connectivity index (χ2v) is 5.33. The Morgan fingerprint density at radius 1 is 1.12 bits per heavy atom. The highest BCUT2D eigenvalue weighted by atomic mass is 35.5. The third-order valence-electron chi connectivity index (χ3n) is 3.35. The Kier molecular flexibility index (Phi) is 5.82. The summed E-state index contributed by atoms with van der Waals surface area (Å²) in [5.41, 5.74) is 5.95. The van der Waals surface area contributed by atoms with Gasteiger partial charge in [-0.3, -0.25) is 4.79 Å². The molecular weight excluding hydrogens is 353 g/mol. The Balaban J connectivity index is 2.11. The molecule has 0 bridgehead atoms. The summed E-state index contributed by atoms with van der Waals surface area (Å²) in [5.74, 6) is -1.91. The topological polar surface area (TPSA) is 87.9 Å². The Labute approximate surface area is 148 Å². The zero-order valence-corrected chi connectivity index (χ0v) is 14.2. The number of anilines is 1. The van der Waals surface area contributed by atoms with Crippen LogP contribution in [-0.4, -0.2) is 32.6 Å². The Morgan fingerprint density at radius 2 is 1.80 bits per heavy atom. The largest absolute Gasteiger partial charge is 0.496 e. The van der Waals surface area contributed by atoms with E-state index in [-0.39, 0.29) is 33.3 Å². The van der Waals surface area contributed by atoms with Crippen LogP contribution in [0.25, 0.3) is 0 Å². The molecule has 0 saturated carbocycles. The molecule has 0 amide bonds. The quantitative estimate of drug-likeness (QED) is 0.479. The monoisotopic (exact) mass is 367 g/mol. The Morgan fingerprint density at radius 3 is 2.40 bits per heavy atom. The average Bonchev–Trinajstić information content (AvgIpc) is 2.61. The lowest BCUT2D eigenvalue weighted by Gasteiger charge is -2.10. The maximum atomic E-state index is 13.6. The number of nitrogens with two attached hydrogens (primary N) is 1. The van der Waals surface area contributed by atoms with E-state index in [2.05, 4.69) is 0 Å². The van der Waals surface area contributed by atoms with Gasteiger partial charge in [-0.1, -0.05) is 11.6 Å². The fraction of sp³-hybridized carbons (Fsp3) is 0.176. The van der Waals surface area contributed by atoms with Crippen LogP contribution >= 0.6 is 11.6 Å². The van der Waals surface area contributed by atoms with E-state index in [1.165, 1.54) is 38.5 Å². The number of rotatable bonds is 6. The van der Waals surface area contributed by atoms with Gasteiger partial charge in [-0.2, -0.15) is 0 Å². The summed E-state index contributed by atoms with van der Waals surface area (Å²) in [6.45, 7) is -0.574. The van der Waals surface area contributed by atoms with Crippen LogP contribution in [0.5, 0.6) is 11.5 Å². The SMILES string of the molecule is COc1ccc(C(=O)COC(=O)c2cc(Cl)c(N)cc2OC)cc1F. The minimum atomic E-state index is -0.818. The van der Waals surface area contributed by atoms with E-state index >= 15 is 0 Å². The van der Waals surface area contributed by atoms with E-state index in [4.69, 9.17) is 31.5 Å². The van der Waals surface area contributed by atoms with Gasteiger partial charge in [0.05, 0.1) is 24.9 Å². The predicted molar refractivity (Wildman–Crippen MR) is 90.0 cm³/mol. The molecule has 25 heavy (non-hydrogen) atoms. The van der Waals surface area contributed by atoms with E-state index in [0.717, 1.165) is 6.07 Å². The zero-order chi connectivity index (χ0) is 18.6. The van der Waals surface area contributed by atoms with Crippen molar-refractivity contribution in [1.29, 1.82) is 0 Å². The van der Waals surface area contributed by atoms with Gasteiger partial charge in [0.1, 0.15) is 11.3 Å². The normalized spacial score (nSPS) is 10.2. The van der Waals surface area contributed by atoms with Gasteiger partial charge in [0.25, 0.3) is 0 Å². The van der Waals surface area contributed by atoms with Crippen molar-refractivity contribution in [3.05, 3.63) is 52.3 Å². The fourth-order valence-electron chi connectivity index (χ4n) is 2.03. The molecule has 0 aliphatic carbocycles. The number of Topliss-reactive ketones (excluding diaryl/α,β-unsaturated/α-hetero) is 1. The molecule has 0 fully saturated rings. The number of methoxy groups -OCH3 is 2. The first-order chi connectivity index (χ1) is 11.9. The molecular formula is C17H15ClFNO5. The number of esters is 1. The molecule has 0 aromatic heterocycles. The van der Waals surface area contributed by atoms with Crippen LogP contribution in [0, 0.1) is 5.82 Å². The Hall–Kier alpha value is -2.80. The van der Waals surface area contributed by atoms with Crippen molar-refractivity contribution in [3.8, 4) is 11.5 Å². The van der Waals surface area contributed by atoms with E-state index in [1.54, 1.807) is 0 Å². The van der Waals surface area contributed by atoms with Gasteiger partial charge in [-0.05, 0) is 24.3 Å². The molecule has 0 saturated heterocycles. The summed E-state index contributed by atoms with van der Waals surface area (Å²) in [7, 11) is 2.66. The summed E-state index contributed by atoms with van der Waals surface area (Å²) < 4.78 is 28.4. The molecule has 0 aliphatic rings. The number of ether oxygens (including phenoxy) is 3. The van der Waals surface area contributed by atoms with Gasteiger partial charge in [0, 0.05) is 11.6 Å². The van der Waals surface area contributed by atoms with Crippen LogP contribution in [0.4, 0.5) is 10.1 Å². The highest BCUT2D eigenvalue weighted by Crippen LogP contribution is 2.29. The van der Waals surface area contributed by atoms with E-state index in [0.29, 0.717) is 0 Å².